The molecule has 160 valence electrons. The third-order valence-corrected chi connectivity index (χ3v) is 5.62. The van der Waals surface area contributed by atoms with Crippen molar-refractivity contribution in [3.63, 3.8) is 0 Å². The molecule has 29 heavy (non-hydrogen) atoms. The van der Waals surface area contributed by atoms with E-state index in [1.54, 1.807) is 5.06 Å². The van der Waals surface area contributed by atoms with Crippen LogP contribution in [0.5, 0.6) is 0 Å². The van der Waals surface area contributed by atoms with Gasteiger partial charge in [0.2, 0.25) is 0 Å². The minimum absolute atomic E-state index is 0.346. The van der Waals surface area contributed by atoms with Gasteiger partial charge in [-0.25, -0.2) is 4.79 Å². The third-order valence-electron chi connectivity index (χ3n) is 5.62. The lowest BCUT2D eigenvalue weighted by Crippen LogP contribution is -2.47. The Morgan fingerprint density at radius 1 is 0.966 bits per heavy atom. The van der Waals surface area contributed by atoms with E-state index in [9.17, 15) is 4.79 Å². The van der Waals surface area contributed by atoms with Crippen molar-refractivity contribution in [3.8, 4) is 0 Å². The van der Waals surface area contributed by atoms with E-state index in [2.05, 4.69) is 56.9 Å². The average molecular weight is 404 g/mol. The van der Waals surface area contributed by atoms with Crippen LogP contribution in [0.2, 0.25) is 0 Å². The Balaban J connectivity index is 1.53. The van der Waals surface area contributed by atoms with Gasteiger partial charge in [0, 0.05) is 18.8 Å². The van der Waals surface area contributed by atoms with Gasteiger partial charge >= 0.3 is 13.3 Å². The highest BCUT2D eigenvalue weighted by Gasteiger charge is 2.51. The van der Waals surface area contributed by atoms with Crippen molar-refractivity contribution in [3.05, 3.63) is 24.3 Å². The first-order valence-electron chi connectivity index (χ1n) is 10.2. The standard InChI is InChI=1S/C21H33BN2O5/c1-19(2,3)26-18(25)27-24-14-12-23(13-15-24)17-10-8-16(9-11-17)22-28-20(4,5)21(6,7)29-22/h8-11H,12-15H2,1-7H3. The van der Waals surface area contributed by atoms with Gasteiger partial charge in [0.15, 0.2) is 0 Å². The molecule has 2 saturated heterocycles. The molecule has 0 saturated carbocycles. The number of rotatable bonds is 3. The molecule has 8 heteroatoms. The van der Waals surface area contributed by atoms with Crippen LogP contribution in [-0.2, 0) is 18.9 Å². The molecule has 2 aliphatic rings. The summed E-state index contributed by atoms with van der Waals surface area (Å²) in [6.45, 7) is 16.5. The maximum atomic E-state index is 11.8. The topological polar surface area (TPSA) is 60.5 Å². The van der Waals surface area contributed by atoms with Crippen molar-refractivity contribution in [1.29, 1.82) is 0 Å². The molecule has 0 aliphatic carbocycles. The van der Waals surface area contributed by atoms with Crippen LogP contribution < -0.4 is 10.4 Å². The Labute approximate surface area is 174 Å². The van der Waals surface area contributed by atoms with Crippen molar-refractivity contribution in [2.45, 2.75) is 65.3 Å². The van der Waals surface area contributed by atoms with E-state index >= 15 is 0 Å². The van der Waals surface area contributed by atoms with Crippen molar-refractivity contribution >= 4 is 24.4 Å². The van der Waals surface area contributed by atoms with Gasteiger partial charge in [0.05, 0.1) is 24.3 Å². The summed E-state index contributed by atoms with van der Waals surface area (Å²) in [4.78, 5) is 19.4. The summed E-state index contributed by atoms with van der Waals surface area (Å²) < 4.78 is 17.4. The van der Waals surface area contributed by atoms with E-state index in [1.807, 2.05) is 20.8 Å². The molecule has 2 heterocycles. The Bertz CT molecular complexity index is 706. The SMILES string of the molecule is CC(C)(C)OC(=O)ON1CCN(c2ccc(B3OC(C)(C)C(C)(C)O3)cc2)CC1. The summed E-state index contributed by atoms with van der Waals surface area (Å²) in [5, 5.41) is 1.66. The highest BCUT2D eigenvalue weighted by atomic mass is 16.8. The summed E-state index contributed by atoms with van der Waals surface area (Å²) in [5.41, 5.74) is 0.890. The van der Waals surface area contributed by atoms with Gasteiger partial charge < -0.3 is 23.8 Å². The van der Waals surface area contributed by atoms with Crippen LogP contribution in [0.1, 0.15) is 48.5 Å². The second-order valence-electron chi connectivity index (χ2n) is 9.65. The lowest BCUT2D eigenvalue weighted by atomic mass is 9.79. The van der Waals surface area contributed by atoms with E-state index in [1.165, 1.54) is 0 Å². The average Bonchev–Trinajstić information content (AvgIpc) is 2.82. The molecular weight excluding hydrogens is 371 g/mol. The largest absolute Gasteiger partial charge is 0.528 e. The van der Waals surface area contributed by atoms with Crippen LogP contribution in [0, 0.1) is 0 Å². The van der Waals surface area contributed by atoms with Gasteiger partial charge in [-0.15, -0.1) is 5.06 Å². The number of benzene rings is 1. The van der Waals surface area contributed by atoms with E-state index < -0.39 is 11.8 Å². The highest BCUT2D eigenvalue weighted by Crippen LogP contribution is 2.36. The summed E-state index contributed by atoms with van der Waals surface area (Å²) in [6.07, 6.45) is -0.655. The van der Waals surface area contributed by atoms with Crippen LogP contribution in [0.15, 0.2) is 24.3 Å². The quantitative estimate of drug-likeness (QED) is 0.567. The predicted octanol–water partition coefficient (Wildman–Crippen LogP) is 2.97. The van der Waals surface area contributed by atoms with Crippen LogP contribution in [0.3, 0.4) is 0 Å². The molecule has 0 atom stereocenters. The van der Waals surface area contributed by atoms with Crippen molar-refractivity contribution < 1.29 is 23.7 Å². The first-order valence-corrected chi connectivity index (χ1v) is 10.2. The predicted molar refractivity (Wildman–Crippen MR) is 113 cm³/mol. The normalized spacial score (nSPS) is 21.9. The van der Waals surface area contributed by atoms with Gasteiger partial charge in [0.1, 0.15) is 5.60 Å². The molecule has 0 radical (unpaired) electrons. The molecule has 7 nitrogen and oxygen atoms in total. The van der Waals surface area contributed by atoms with Crippen LogP contribution >= 0.6 is 0 Å². The molecular formula is C21H33BN2O5. The maximum Gasteiger partial charge on any atom is 0.528 e. The molecule has 0 aromatic heterocycles. The monoisotopic (exact) mass is 404 g/mol. The lowest BCUT2D eigenvalue weighted by molar-refractivity contribution is -0.144. The molecule has 3 rings (SSSR count). The Kier molecular flexibility index (Phi) is 5.91. The number of nitrogens with zero attached hydrogens (tertiary/aromatic N) is 2. The molecule has 2 fully saturated rings. The van der Waals surface area contributed by atoms with Gasteiger partial charge in [-0.1, -0.05) is 12.1 Å². The van der Waals surface area contributed by atoms with Crippen molar-refractivity contribution in [2.24, 2.45) is 0 Å². The first-order chi connectivity index (χ1) is 13.4. The minimum Gasteiger partial charge on any atom is -0.427 e. The smallest absolute Gasteiger partial charge is 0.427 e. The zero-order valence-electron chi connectivity index (χ0n) is 18.7. The van der Waals surface area contributed by atoms with E-state index in [-0.39, 0.29) is 18.3 Å². The number of piperazine rings is 1. The fourth-order valence-electron chi connectivity index (χ4n) is 3.23. The minimum atomic E-state index is -0.655. The lowest BCUT2D eigenvalue weighted by Gasteiger charge is -2.35. The second-order valence-corrected chi connectivity index (χ2v) is 9.65. The van der Waals surface area contributed by atoms with Gasteiger partial charge in [-0.2, -0.15) is 0 Å². The van der Waals surface area contributed by atoms with Crippen molar-refractivity contribution in [1.82, 2.24) is 5.06 Å². The molecule has 0 N–H and O–H groups in total. The van der Waals surface area contributed by atoms with Gasteiger partial charge in [-0.05, 0) is 66.1 Å². The van der Waals surface area contributed by atoms with E-state index in [0.717, 1.165) is 24.2 Å². The first kappa shape index (κ1) is 21.9. The molecule has 1 aromatic rings. The van der Waals surface area contributed by atoms with Crippen LogP contribution in [-0.4, -0.2) is 61.3 Å². The summed E-state index contributed by atoms with van der Waals surface area (Å²) in [5.74, 6) is 0. The van der Waals surface area contributed by atoms with Gasteiger partial charge in [-0.3, -0.25) is 0 Å². The molecule has 1 aromatic carbocycles. The number of hydrogen-bond acceptors (Lipinski definition) is 7. The zero-order chi connectivity index (χ0) is 21.4. The summed E-state index contributed by atoms with van der Waals surface area (Å²) >= 11 is 0. The van der Waals surface area contributed by atoms with Crippen LogP contribution in [0.25, 0.3) is 0 Å². The van der Waals surface area contributed by atoms with Crippen LogP contribution in [0.4, 0.5) is 10.5 Å². The Hall–Kier alpha value is -1.77. The number of anilines is 1. The molecule has 0 bridgehead atoms. The molecule has 0 spiro atoms. The zero-order valence-corrected chi connectivity index (χ0v) is 18.7. The molecule has 0 amide bonds. The second kappa shape index (κ2) is 7.82. The Morgan fingerprint density at radius 2 is 1.48 bits per heavy atom. The fourth-order valence-corrected chi connectivity index (χ4v) is 3.23. The number of hydroxylamine groups is 2. The number of carbonyl (C=O) groups is 1. The fraction of sp³-hybridized carbons (Fsp3) is 0.667. The number of hydrogen-bond donors (Lipinski definition) is 0. The summed E-state index contributed by atoms with van der Waals surface area (Å²) in [6, 6.07) is 8.29. The Morgan fingerprint density at radius 3 is 1.97 bits per heavy atom. The number of ether oxygens (including phenoxy) is 1. The maximum absolute atomic E-state index is 11.8. The van der Waals surface area contributed by atoms with Gasteiger partial charge in [0.25, 0.3) is 0 Å². The van der Waals surface area contributed by atoms with E-state index in [0.29, 0.717) is 13.1 Å². The van der Waals surface area contributed by atoms with Crippen molar-refractivity contribution in [2.75, 3.05) is 31.1 Å². The highest BCUT2D eigenvalue weighted by molar-refractivity contribution is 6.62. The third kappa shape index (κ3) is 5.24. The summed E-state index contributed by atoms with van der Waals surface area (Å²) in [7, 11) is -0.354. The molecule has 0 unspecified atom stereocenters. The molecule has 2 aliphatic heterocycles. The van der Waals surface area contributed by atoms with E-state index in [4.69, 9.17) is 18.9 Å². The number of carbonyl (C=O) groups excluding carboxylic acids is 1.